The van der Waals surface area contributed by atoms with Crippen molar-refractivity contribution in [2.24, 2.45) is 0 Å². The Kier molecular flexibility index (Phi) is 4.24. The number of nitro groups is 1. The molecule has 0 aliphatic heterocycles. The van der Waals surface area contributed by atoms with Crippen molar-refractivity contribution in [3.05, 3.63) is 88.0 Å². The maximum atomic E-state index is 12.6. The quantitative estimate of drug-likeness (QED) is 0.539. The van der Waals surface area contributed by atoms with Gasteiger partial charge in [0, 0.05) is 19.7 Å². The van der Waals surface area contributed by atoms with Gasteiger partial charge in [-0.15, -0.1) is 0 Å². The molecule has 120 valence electrons. The lowest BCUT2D eigenvalue weighted by Gasteiger charge is -2.17. The van der Waals surface area contributed by atoms with Crippen LogP contribution in [0.1, 0.15) is 15.9 Å². The second-order valence-corrected chi connectivity index (χ2v) is 5.62. The van der Waals surface area contributed by atoms with Crippen molar-refractivity contribution < 1.29 is 9.72 Å². The Bertz CT molecular complexity index is 921. The van der Waals surface area contributed by atoms with Crippen molar-refractivity contribution in [2.75, 3.05) is 7.05 Å². The highest BCUT2D eigenvalue weighted by Crippen LogP contribution is 2.21. The van der Waals surface area contributed by atoms with Gasteiger partial charge in [0.2, 0.25) is 0 Å². The molecule has 3 aromatic rings. The third kappa shape index (κ3) is 3.10. The summed E-state index contributed by atoms with van der Waals surface area (Å²) in [5, 5.41) is 13.3. The molecular formula is C19H16N2O3. The number of carbonyl (C=O) groups excluding carboxylic acids is 1. The van der Waals surface area contributed by atoms with Crippen LogP contribution in [-0.2, 0) is 6.54 Å². The lowest BCUT2D eigenvalue weighted by Crippen LogP contribution is -2.26. The molecule has 0 spiro atoms. The number of carbonyl (C=O) groups is 1. The van der Waals surface area contributed by atoms with Gasteiger partial charge in [-0.3, -0.25) is 14.9 Å². The molecule has 0 aliphatic carbocycles. The van der Waals surface area contributed by atoms with Crippen molar-refractivity contribution in [3.63, 3.8) is 0 Å². The summed E-state index contributed by atoms with van der Waals surface area (Å²) in [6.07, 6.45) is 0. The van der Waals surface area contributed by atoms with Crippen molar-refractivity contribution in [1.29, 1.82) is 0 Å². The monoisotopic (exact) mass is 320 g/mol. The van der Waals surface area contributed by atoms with Crippen LogP contribution < -0.4 is 0 Å². The van der Waals surface area contributed by atoms with Gasteiger partial charge >= 0.3 is 0 Å². The molecule has 0 aliphatic rings. The molecule has 0 fully saturated rings. The van der Waals surface area contributed by atoms with Gasteiger partial charge in [0.1, 0.15) is 5.56 Å². The van der Waals surface area contributed by atoms with E-state index in [1.807, 2.05) is 42.5 Å². The van der Waals surface area contributed by atoms with Gasteiger partial charge in [-0.05, 0) is 28.5 Å². The minimum atomic E-state index is -0.531. The summed E-state index contributed by atoms with van der Waals surface area (Å²) in [7, 11) is 1.65. The van der Waals surface area contributed by atoms with Crippen LogP contribution in [-0.4, -0.2) is 22.8 Å². The van der Waals surface area contributed by atoms with E-state index in [1.54, 1.807) is 19.2 Å². The molecule has 0 unspecified atom stereocenters. The predicted molar refractivity (Wildman–Crippen MR) is 92.8 cm³/mol. The van der Waals surface area contributed by atoms with Crippen LogP contribution in [0.3, 0.4) is 0 Å². The Morgan fingerprint density at radius 1 is 1.00 bits per heavy atom. The molecular weight excluding hydrogens is 304 g/mol. The molecule has 5 nitrogen and oxygen atoms in total. The maximum absolute atomic E-state index is 12.6. The molecule has 0 saturated heterocycles. The zero-order chi connectivity index (χ0) is 17.1. The standard InChI is InChI=1S/C19H16N2O3/c1-20(19(22)17-8-4-5-9-18(17)21(23)24)13-14-10-11-15-6-2-3-7-16(15)12-14/h2-12H,13H2,1H3. The van der Waals surface area contributed by atoms with Crippen LogP contribution >= 0.6 is 0 Å². The first-order valence-corrected chi connectivity index (χ1v) is 7.53. The number of amides is 1. The number of rotatable bonds is 4. The van der Waals surface area contributed by atoms with E-state index in [-0.39, 0.29) is 17.2 Å². The first kappa shape index (κ1) is 15.7. The molecule has 0 bridgehead atoms. The van der Waals surface area contributed by atoms with E-state index in [2.05, 4.69) is 0 Å². The van der Waals surface area contributed by atoms with Gasteiger partial charge in [-0.25, -0.2) is 0 Å². The minimum Gasteiger partial charge on any atom is -0.337 e. The number of hydrogen-bond donors (Lipinski definition) is 0. The third-order valence-corrected chi connectivity index (χ3v) is 3.91. The van der Waals surface area contributed by atoms with E-state index < -0.39 is 4.92 Å². The van der Waals surface area contributed by atoms with E-state index in [0.717, 1.165) is 16.3 Å². The molecule has 3 rings (SSSR count). The second-order valence-electron chi connectivity index (χ2n) is 5.62. The number of benzene rings is 3. The fourth-order valence-electron chi connectivity index (χ4n) is 2.70. The Balaban J connectivity index is 1.84. The number of nitrogens with zero attached hydrogens (tertiary/aromatic N) is 2. The van der Waals surface area contributed by atoms with Crippen molar-refractivity contribution in [2.45, 2.75) is 6.54 Å². The van der Waals surface area contributed by atoms with E-state index >= 15 is 0 Å². The second kappa shape index (κ2) is 6.50. The molecule has 3 aromatic carbocycles. The molecule has 0 saturated carbocycles. The van der Waals surface area contributed by atoms with Crippen LogP contribution in [0.2, 0.25) is 0 Å². The summed E-state index contributed by atoms with van der Waals surface area (Å²) in [4.78, 5) is 24.6. The minimum absolute atomic E-state index is 0.103. The zero-order valence-corrected chi connectivity index (χ0v) is 13.2. The van der Waals surface area contributed by atoms with Crippen LogP contribution in [0.4, 0.5) is 5.69 Å². The molecule has 0 atom stereocenters. The lowest BCUT2D eigenvalue weighted by molar-refractivity contribution is -0.385. The highest BCUT2D eigenvalue weighted by atomic mass is 16.6. The first-order valence-electron chi connectivity index (χ1n) is 7.53. The Hall–Kier alpha value is -3.21. The average molecular weight is 320 g/mol. The summed E-state index contributed by atoms with van der Waals surface area (Å²) < 4.78 is 0. The van der Waals surface area contributed by atoms with E-state index in [4.69, 9.17) is 0 Å². The number of fused-ring (bicyclic) bond motifs is 1. The Morgan fingerprint density at radius 3 is 2.42 bits per heavy atom. The van der Waals surface area contributed by atoms with Crippen LogP contribution in [0.25, 0.3) is 10.8 Å². The van der Waals surface area contributed by atoms with Crippen LogP contribution in [0.15, 0.2) is 66.7 Å². The van der Waals surface area contributed by atoms with E-state index in [1.165, 1.54) is 17.0 Å². The molecule has 0 N–H and O–H groups in total. The predicted octanol–water partition coefficient (Wildman–Crippen LogP) is 4.02. The highest BCUT2D eigenvalue weighted by Gasteiger charge is 2.22. The van der Waals surface area contributed by atoms with Gasteiger partial charge in [0.25, 0.3) is 11.6 Å². The molecule has 0 radical (unpaired) electrons. The van der Waals surface area contributed by atoms with Gasteiger partial charge in [-0.2, -0.15) is 0 Å². The largest absolute Gasteiger partial charge is 0.337 e. The van der Waals surface area contributed by atoms with Crippen molar-refractivity contribution in [1.82, 2.24) is 4.90 Å². The first-order chi connectivity index (χ1) is 11.6. The number of nitro benzene ring substituents is 1. The topological polar surface area (TPSA) is 63.5 Å². The average Bonchev–Trinajstić information content (AvgIpc) is 2.61. The molecule has 0 aromatic heterocycles. The lowest BCUT2D eigenvalue weighted by atomic mass is 10.1. The summed E-state index contributed by atoms with van der Waals surface area (Å²) in [5.41, 5.74) is 0.904. The van der Waals surface area contributed by atoms with Crippen molar-refractivity contribution in [3.8, 4) is 0 Å². The van der Waals surface area contributed by atoms with Crippen LogP contribution in [0, 0.1) is 10.1 Å². The summed E-state index contributed by atoms with van der Waals surface area (Å²) >= 11 is 0. The van der Waals surface area contributed by atoms with Crippen LogP contribution in [0.5, 0.6) is 0 Å². The smallest absolute Gasteiger partial charge is 0.282 e. The highest BCUT2D eigenvalue weighted by molar-refractivity contribution is 5.98. The molecule has 24 heavy (non-hydrogen) atoms. The number of hydrogen-bond acceptors (Lipinski definition) is 3. The fourth-order valence-corrected chi connectivity index (χ4v) is 2.70. The molecule has 1 amide bonds. The normalized spacial score (nSPS) is 10.5. The molecule has 5 heteroatoms. The summed E-state index contributed by atoms with van der Waals surface area (Å²) in [6, 6.07) is 20.0. The summed E-state index contributed by atoms with van der Waals surface area (Å²) in [6.45, 7) is 0.385. The Morgan fingerprint density at radius 2 is 1.67 bits per heavy atom. The van der Waals surface area contributed by atoms with Gasteiger partial charge in [-0.1, -0.05) is 48.5 Å². The van der Waals surface area contributed by atoms with Gasteiger partial charge in [0.05, 0.1) is 4.92 Å². The van der Waals surface area contributed by atoms with Gasteiger partial charge < -0.3 is 4.90 Å². The summed E-state index contributed by atoms with van der Waals surface area (Å²) in [5.74, 6) is -0.365. The third-order valence-electron chi connectivity index (χ3n) is 3.91. The zero-order valence-electron chi connectivity index (χ0n) is 13.2. The SMILES string of the molecule is CN(Cc1ccc2ccccc2c1)C(=O)c1ccccc1[N+](=O)[O-]. The fraction of sp³-hybridized carbons (Fsp3) is 0.105. The van der Waals surface area contributed by atoms with E-state index in [9.17, 15) is 14.9 Å². The number of para-hydroxylation sites is 1. The Labute approximate surface area is 139 Å². The van der Waals surface area contributed by atoms with E-state index in [0.29, 0.717) is 6.54 Å². The van der Waals surface area contributed by atoms with Crippen molar-refractivity contribution >= 4 is 22.4 Å². The maximum Gasteiger partial charge on any atom is 0.282 e. The van der Waals surface area contributed by atoms with Gasteiger partial charge in [0.15, 0.2) is 0 Å². The molecule has 0 heterocycles.